The summed E-state index contributed by atoms with van der Waals surface area (Å²) in [5, 5.41) is 3.46. The fraction of sp³-hybridized carbons (Fsp3) is 0.538. The van der Waals surface area contributed by atoms with E-state index in [0.717, 1.165) is 26.2 Å². The van der Waals surface area contributed by atoms with Crippen LogP contribution in [0.3, 0.4) is 0 Å². The van der Waals surface area contributed by atoms with Gasteiger partial charge in [0.1, 0.15) is 0 Å². The normalized spacial score (nSPS) is 11.1. The van der Waals surface area contributed by atoms with Gasteiger partial charge in [0.05, 0.1) is 0 Å². The minimum atomic E-state index is 0.930. The van der Waals surface area contributed by atoms with Gasteiger partial charge in [0.2, 0.25) is 0 Å². The lowest BCUT2D eigenvalue weighted by atomic mass is 10.1. The number of likely N-dealkylation sites (N-methyl/N-ethyl adjacent to an activating group) is 1. The van der Waals surface area contributed by atoms with Crippen molar-refractivity contribution in [2.45, 2.75) is 20.4 Å². The smallest absolute Gasteiger partial charge is 0.0220 e. The largest absolute Gasteiger partial charge is 0.311 e. The van der Waals surface area contributed by atoms with Gasteiger partial charge in [-0.2, -0.15) is 0 Å². The summed E-state index contributed by atoms with van der Waals surface area (Å²) in [6.07, 6.45) is 0. The molecule has 0 saturated carbocycles. The molecule has 0 saturated heterocycles. The van der Waals surface area contributed by atoms with Gasteiger partial charge in [-0.25, -0.2) is 0 Å². The highest BCUT2D eigenvalue weighted by Gasteiger charge is 2.00. The lowest BCUT2D eigenvalue weighted by Crippen LogP contribution is -2.28. The SMILES string of the molecule is CCN(C)CCNCc1cc(C)ccc1Br. The lowest BCUT2D eigenvalue weighted by Gasteiger charge is -2.14. The second-order valence-corrected chi connectivity index (χ2v) is 5.02. The van der Waals surface area contributed by atoms with Crippen LogP contribution in [0.5, 0.6) is 0 Å². The monoisotopic (exact) mass is 284 g/mol. The molecule has 0 atom stereocenters. The first-order valence-electron chi connectivity index (χ1n) is 5.77. The van der Waals surface area contributed by atoms with Crippen LogP contribution in [0, 0.1) is 6.92 Å². The van der Waals surface area contributed by atoms with E-state index in [9.17, 15) is 0 Å². The van der Waals surface area contributed by atoms with Crippen LogP contribution in [-0.4, -0.2) is 31.6 Å². The summed E-state index contributed by atoms with van der Waals surface area (Å²) in [5.41, 5.74) is 2.64. The highest BCUT2D eigenvalue weighted by molar-refractivity contribution is 9.10. The van der Waals surface area contributed by atoms with Crippen LogP contribution >= 0.6 is 15.9 Å². The first-order chi connectivity index (χ1) is 7.63. The fourth-order valence-corrected chi connectivity index (χ4v) is 1.88. The number of hydrogen-bond acceptors (Lipinski definition) is 2. The third kappa shape index (κ3) is 4.64. The average molecular weight is 285 g/mol. The molecule has 2 nitrogen and oxygen atoms in total. The van der Waals surface area contributed by atoms with Gasteiger partial charge >= 0.3 is 0 Å². The molecule has 0 heterocycles. The van der Waals surface area contributed by atoms with E-state index >= 15 is 0 Å². The van der Waals surface area contributed by atoms with E-state index in [0.29, 0.717) is 0 Å². The van der Waals surface area contributed by atoms with E-state index < -0.39 is 0 Å². The van der Waals surface area contributed by atoms with Gasteiger partial charge in [0.25, 0.3) is 0 Å². The Morgan fingerprint density at radius 1 is 1.38 bits per heavy atom. The van der Waals surface area contributed by atoms with E-state index in [1.165, 1.54) is 15.6 Å². The summed E-state index contributed by atoms with van der Waals surface area (Å²) in [6.45, 7) is 8.47. The lowest BCUT2D eigenvalue weighted by molar-refractivity contribution is 0.349. The predicted octanol–water partition coefficient (Wildman–Crippen LogP) is 2.80. The maximum absolute atomic E-state index is 3.57. The first kappa shape index (κ1) is 13.7. The number of aryl methyl sites for hydroxylation is 1. The van der Waals surface area contributed by atoms with Crippen LogP contribution in [0.4, 0.5) is 0 Å². The van der Waals surface area contributed by atoms with Crippen molar-refractivity contribution in [3.63, 3.8) is 0 Å². The molecule has 1 rings (SSSR count). The number of halogens is 1. The topological polar surface area (TPSA) is 15.3 Å². The van der Waals surface area contributed by atoms with E-state index in [1.54, 1.807) is 0 Å². The molecule has 0 amide bonds. The Morgan fingerprint density at radius 2 is 2.12 bits per heavy atom. The summed E-state index contributed by atoms with van der Waals surface area (Å²) in [7, 11) is 2.14. The minimum absolute atomic E-state index is 0.930. The van der Waals surface area contributed by atoms with Crippen LogP contribution in [0.25, 0.3) is 0 Å². The van der Waals surface area contributed by atoms with Crippen LogP contribution in [-0.2, 0) is 6.54 Å². The van der Waals surface area contributed by atoms with Crippen LogP contribution < -0.4 is 5.32 Å². The number of nitrogens with one attached hydrogen (secondary N) is 1. The highest BCUT2D eigenvalue weighted by Crippen LogP contribution is 2.17. The molecule has 16 heavy (non-hydrogen) atoms. The second-order valence-electron chi connectivity index (χ2n) is 4.17. The molecule has 0 spiro atoms. The molecule has 0 aromatic heterocycles. The highest BCUT2D eigenvalue weighted by atomic mass is 79.9. The molecule has 1 aromatic rings. The third-order valence-electron chi connectivity index (χ3n) is 2.73. The Morgan fingerprint density at radius 3 is 2.81 bits per heavy atom. The molecule has 0 aliphatic heterocycles. The molecule has 0 fully saturated rings. The van der Waals surface area contributed by atoms with Crippen LogP contribution in [0.15, 0.2) is 22.7 Å². The zero-order valence-corrected chi connectivity index (χ0v) is 12.0. The van der Waals surface area contributed by atoms with Crippen LogP contribution in [0.1, 0.15) is 18.1 Å². The van der Waals surface area contributed by atoms with Crippen molar-refractivity contribution in [2.24, 2.45) is 0 Å². The molecule has 0 bridgehead atoms. The van der Waals surface area contributed by atoms with Crippen molar-refractivity contribution < 1.29 is 0 Å². The van der Waals surface area contributed by atoms with Crippen molar-refractivity contribution in [1.29, 1.82) is 0 Å². The molecule has 1 aromatic carbocycles. The van der Waals surface area contributed by atoms with Crippen LogP contribution in [0.2, 0.25) is 0 Å². The summed E-state index contributed by atoms with van der Waals surface area (Å²) in [5.74, 6) is 0. The molecule has 3 heteroatoms. The number of benzene rings is 1. The van der Waals surface area contributed by atoms with Gasteiger partial charge in [-0.15, -0.1) is 0 Å². The summed E-state index contributed by atoms with van der Waals surface area (Å²) in [6, 6.07) is 6.46. The molecule has 0 unspecified atom stereocenters. The Balaban J connectivity index is 2.34. The Labute approximate surface area is 107 Å². The number of hydrogen-bond donors (Lipinski definition) is 1. The van der Waals surface area contributed by atoms with E-state index in [2.05, 4.69) is 65.2 Å². The van der Waals surface area contributed by atoms with Gasteiger partial charge in [-0.1, -0.05) is 40.5 Å². The van der Waals surface area contributed by atoms with Gasteiger partial charge < -0.3 is 10.2 Å². The Bertz CT molecular complexity index is 326. The van der Waals surface area contributed by atoms with E-state index in [1.807, 2.05) is 0 Å². The van der Waals surface area contributed by atoms with Crippen molar-refractivity contribution in [3.8, 4) is 0 Å². The Hall–Kier alpha value is -0.380. The number of rotatable bonds is 6. The van der Waals surface area contributed by atoms with Gasteiger partial charge in [0, 0.05) is 24.1 Å². The van der Waals surface area contributed by atoms with Gasteiger partial charge in [-0.3, -0.25) is 0 Å². The maximum atomic E-state index is 3.57. The molecule has 90 valence electrons. The average Bonchev–Trinajstić information content (AvgIpc) is 2.28. The van der Waals surface area contributed by atoms with E-state index in [4.69, 9.17) is 0 Å². The first-order valence-corrected chi connectivity index (χ1v) is 6.57. The second kappa shape index (κ2) is 7.05. The summed E-state index contributed by atoms with van der Waals surface area (Å²) >= 11 is 3.57. The predicted molar refractivity (Wildman–Crippen MR) is 73.8 cm³/mol. The molecular formula is C13H21BrN2. The number of nitrogens with zero attached hydrogens (tertiary/aromatic N) is 1. The zero-order chi connectivity index (χ0) is 12.0. The summed E-state index contributed by atoms with van der Waals surface area (Å²) < 4.78 is 1.19. The Kier molecular flexibility index (Phi) is 6.03. The maximum Gasteiger partial charge on any atom is 0.0220 e. The zero-order valence-electron chi connectivity index (χ0n) is 10.4. The van der Waals surface area contributed by atoms with Crippen molar-refractivity contribution >= 4 is 15.9 Å². The van der Waals surface area contributed by atoms with Gasteiger partial charge in [-0.05, 0) is 32.1 Å². The fourth-order valence-electron chi connectivity index (χ4n) is 1.49. The molecule has 1 N–H and O–H groups in total. The minimum Gasteiger partial charge on any atom is -0.311 e. The van der Waals surface area contributed by atoms with Crippen molar-refractivity contribution in [3.05, 3.63) is 33.8 Å². The van der Waals surface area contributed by atoms with Gasteiger partial charge in [0.15, 0.2) is 0 Å². The van der Waals surface area contributed by atoms with Crippen molar-refractivity contribution in [2.75, 3.05) is 26.7 Å². The molecule has 0 aliphatic rings. The third-order valence-corrected chi connectivity index (χ3v) is 3.50. The van der Waals surface area contributed by atoms with Crippen molar-refractivity contribution in [1.82, 2.24) is 10.2 Å². The summed E-state index contributed by atoms with van der Waals surface area (Å²) in [4.78, 5) is 2.30. The van der Waals surface area contributed by atoms with E-state index in [-0.39, 0.29) is 0 Å². The molecule has 0 radical (unpaired) electrons. The molecular weight excluding hydrogens is 264 g/mol. The standard InChI is InChI=1S/C13H21BrN2/c1-4-16(3)8-7-15-10-12-9-11(2)5-6-13(12)14/h5-6,9,15H,4,7-8,10H2,1-3H3. The molecule has 0 aliphatic carbocycles. The quantitative estimate of drug-likeness (QED) is 0.809.